The van der Waals surface area contributed by atoms with Crippen LogP contribution in [0, 0.1) is 0 Å². The van der Waals surface area contributed by atoms with Crippen LogP contribution in [-0.2, 0) is 9.59 Å². The number of nitrogens with one attached hydrogen (secondary N) is 2. The Bertz CT molecular complexity index is 1170. The fourth-order valence-electron chi connectivity index (χ4n) is 4.57. The van der Waals surface area contributed by atoms with Crippen molar-refractivity contribution in [2.75, 3.05) is 13.1 Å². The molecule has 0 unspecified atom stereocenters. The first-order valence-electron chi connectivity index (χ1n) is 11.3. The van der Waals surface area contributed by atoms with E-state index in [9.17, 15) is 14.4 Å². The van der Waals surface area contributed by atoms with Gasteiger partial charge in [-0.05, 0) is 36.1 Å². The number of nitrogens with zero attached hydrogens (tertiary/aromatic N) is 2. The summed E-state index contributed by atoms with van der Waals surface area (Å²) in [5, 5.41) is 6.56. The first-order chi connectivity index (χ1) is 16.5. The molecular formula is C26H25ClN4O3. The van der Waals surface area contributed by atoms with Gasteiger partial charge in [-0.1, -0.05) is 60.1 Å². The largest absolute Gasteiger partial charge is 0.351 e. The van der Waals surface area contributed by atoms with Crippen LogP contribution in [0.15, 0.2) is 78.5 Å². The molecule has 0 aromatic heterocycles. The topological polar surface area (TPSA) is 81.8 Å². The summed E-state index contributed by atoms with van der Waals surface area (Å²) in [7, 11) is 0. The Kier molecular flexibility index (Phi) is 5.87. The highest BCUT2D eigenvalue weighted by atomic mass is 35.5. The molecule has 4 amide bonds. The van der Waals surface area contributed by atoms with Crippen LogP contribution in [0.25, 0.3) is 0 Å². The van der Waals surface area contributed by atoms with Gasteiger partial charge in [0.05, 0.1) is 23.9 Å². The molecule has 174 valence electrons. The highest BCUT2D eigenvalue weighted by Crippen LogP contribution is 2.40. The first-order valence-corrected chi connectivity index (χ1v) is 11.7. The summed E-state index contributed by atoms with van der Waals surface area (Å²) in [5.41, 5.74) is 2.53. The van der Waals surface area contributed by atoms with Gasteiger partial charge in [0.15, 0.2) is 0 Å². The van der Waals surface area contributed by atoms with E-state index in [1.807, 2.05) is 30.3 Å². The van der Waals surface area contributed by atoms with E-state index in [4.69, 9.17) is 11.6 Å². The molecular weight excluding hydrogens is 452 g/mol. The SMILES string of the molecule is C=CCN1C(=O)N[C@@H](c2ccc(Cl)cc2)C2=C1CN([C@@H](C(=O)NC1CC1)c1ccccc1)C2=O. The normalized spacial score (nSPS) is 20.7. The third-order valence-corrected chi connectivity index (χ3v) is 6.62. The van der Waals surface area contributed by atoms with Gasteiger partial charge in [0.1, 0.15) is 6.04 Å². The van der Waals surface area contributed by atoms with Gasteiger partial charge in [-0.25, -0.2) is 4.79 Å². The lowest BCUT2D eigenvalue weighted by molar-refractivity contribution is -0.136. The lowest BCUT2D eigenvalue weighted by atomic mass is 9.95. The molecule has 3 aliphatic rings. The van der Waals surface area contributed by atoms with Crippen LogP contribution < -0.4 is 10.6 Å². The minimum absolute atomic E-state index is 0.150. The molecule has 0 bridgehead atoms. The van der Waals surface area contributed by atoms with Crippen molar-refractivity contribution in [2.45, 2.75) is 31.0 Å². The van der Waals surface area contributed by atoms with Gasteiger partial charge in [-0.3, -0.25) is 14.5 Å². The van der Waals surface area contributed by atoms with Crippen LogP contribution in [0.4, 0.5) is 4.79 Å². The zero-order valence-electron chi connectivity index (χ0n) is 18.5. The van der Waals surface area contributed by atoms with E-state index in [1.165, 1.54) is 4.90 Å². The van der Waals surface area contributed by atoms with Crippen LogP contribution in [0.3, 0.4) is 0 Å². The maximum atomic E-state index is 13.9. The van der Waals surface area contributed by atoms with Crippen LogP contribution >= 0.6 is 11.6 Å². The van der Waals surface area contributed by atoms with Crippen molar-refractivity contribution in [1.29, 1.82) is 0 Å². The van der Waals surface area contributed by atoms with Crippen molar-refractivity contribution in [1.82, 2.24) is 20.4 Å². The fourth-order valence-corrected chi connectivity index (χ4v) is 4.69. The molecule has 34 heavy (non-hydrogen) atoms. The monoisotopic (exact) mass is 476 g/mol. The molecule has 2 heterocycles. The average molecular weight is 477 g/mol. The molecule has 1 fully saturated rings. The zero-order valence-corrected chi connectivity index (χ0v) is 19.3. The summed E-state index contributed by atoms with van der Waals surface area (Å²) in [6, 6.07) is 14.7. The summed E-state index contributed by atoms with van der Waals surface area (Å²) in [5.74, 6) is -0.483. The number of urea groups is 1. The Morgan fingerprint density at radius 2 is 1.85 bits per heavy atom. The molecule has 0 spiro atoms. The standard InChI is InChI=1S/C26H25ClN4O3/c1-2-14-30-20-15-31(23(17-6-4-3-5-7-17)24(32)28-19-12-13-19)25(33)21(20)22(29-26(30)34)16-8-10-18(27)11-9-16/h2-11,19,22-23H,1,12-15H2,(H,28,32)(H,29,34)/t22-,23+/m0/s1. The number of amides is 4. The average Bonchev–Trinajstić information content (AvgIpc) is 3.59. The van der Waals surface area contributed by atoms with Gasteiger partial charge in [0.2, 0.25) is 5.91 Å². The molecule has 2 N–H and O–H groups in total. The summed E-state index contributed by atoms with van der Waals surface area (Å²) >= 11 is 6.06. The van der Waals surface area contributed by atoms with Crippen molar-refractivity contribution < 1.29 is 14.4 Å². The maximum absolute atomic E-state index is 13.9. The quantitative estimate of drug-likeness (QED) is 0.598. The van der Waals surface area contributed by atoms with Gasteiger partial charge in [0, 0.05) is 17.6 Å². The first kappa shape index (κ1) is 22.2. The summed E-state index contributed by atoms with van der Waals surface area (Å²) in [6.45, 7) is 4.16. The molecule has 5 rings (SSSR count). The molecule has 1 saturated carbocycles. The van der Waals surface area contributed by atoms with E-state index in [1.54, 1.807) is 35.2 Å². The highest BCUT2D eigenvalue weighted by molar-refractivity contribution is 6.30. The second kappa shape index (κ2) is 8.99. The van der Waals surface area contributed by atoms with E-state index >= 15 is 0 Å². The minimum Gasteiger partial charge on any atom is -0.351 e. The molecule has 2 aromatic rings. The van der Waals surface area contributed by atoms with Crippen molar-refractivity contribution in [3.63, 3.8) is 0 Å². The van der Waals surface area contributed by atoms with E-state index in [-0.39, 0.29) is 37.0 Å². The van der Waals surface area contributed by atoms with E-state index in [2.05, 4.69) is 17.2 Å². The number of hydrogen-bond acceptors (Lipinski definition) is 3. The molecule has 2 aromatic carbocycles. The fraction of sp³-hybridized carbons (Fsp3) is 0.269. The van der Waals surface area contributed by atoms with Crippen LogP contribution in [0.1, 0.15) is 36.1 Å². The predicted molar refractivity (Wildman–Crippen MR) is 129 cm³/mol. The minimum atomic E-state index is -0.800. The Balaban J connectivity index is 1.55. The number of rotatable bonds is 7. The van der Waals surface area contributed by atoms with Crippen molar-refractivity contribution in [3.8, 4) is 0 Å². The number of carbonyl (C=O) groups excluding carboxylic acids is 3. The van der Waals surface area contributed by atoms with Crippen molar-refractivity contribution in [3.05, 3.63) is 94.7 Å². The van der Waals surface area contributed by atoms with Crippen LogP contribution in [-0.4, -0.2) is 46.8 Å². The smallest absolute Gasteiger partial charge is 0.322 e. The zero-order chi connectivity index (χ0) is 23.8. The van der Waals surface area contributed by atoms with Gasteiger partial charge >= 0.3 is 6.03 Å². The van der Waals surface area contributed by atoms with E-state index < -0.39 is 12.1 Å². The molecule has 2 atom stereocenters. The van der Waals surface area contributed by atoms with Gasteiger partial charge in [-0.15, -0.1) is 6.58 Å². The Morgan fingerprint density at radius 1 is 1.15 bits per heavy atom. The Hall–Kier alpha value is -3.58. The molecule has 8 heteroatoms. The lowest BCUT2D eigenvalue weighted by Gasteiger charge is -2.33. The van der Waals surface area contributed by atoms with Gasteiger partial charge in [-0.2, -0.15) is 0 Å². The predicted octanol–water partition coefficient (Wildman–Crippen LogP) is 3.71. The third-order valence-electron chi connectivity index (χ3n) is 6.36. The number of carbonyl (C=O) groups is 3. The second-order valence-corrected chi connectivity index (χ2v) is 9.16. The molecule has 0 radical (unpaired) electrons. The Labute approximate surface area is 203 Å². The number of benzene rings is 2. The molecule has 7 nitrogen and oxygen atoms in total. The second-order valence-electron chi connectivity index (χ2n) is 8.72. The maximum Gasteiger partial charge on any atom is 0.322 e. The third kappa shape index (κ3) is 4.07. The van der Waals surface area contributed by atoms with E-state index in [0.29, 0.717) is 16.3 Å². The summed E-state index contributed by atoms with van der Waals surface area (Å²) < 4.78 is 0. The molecule has 1 aliphatic carbocycles. The molecule has 2 aliphatic heterocycles. The van der Waals surface area contributed by atoms with Gasteiger partial charge in [0.25, 0.3) is 5.91 Å². The molecule has 0 saturated heterocycles. The number of hydrogen-bond donors (Lipinski definition) is 2. The summed E-state index contributed by atoms with van der Waals surface area (Å²) in [6.07, 6.45) is 3.51. The van der Waals surface area contributed by atoms with Crippen LogP contribution in [0.5, 0.6) is 0 Å². The lowest BCUT2D eigenvalue weighted by Crippen LogP contribution is -2.47. The van der Waals surface area contributed by atoms with Crippen molar-refractivity contribution in [2.24, 2.45) is 0 Å². The van der Waals surface area contributed by atoms with Crippen molar-refractivity contribution >= 4 is 29.4 Å². The Morgan fingerprint density at radius 3 is 2.50 bits per heavy atom. The number of halogens is 1. The highest BCUT2D eigenvalue weighted by Gasteiger charge is 2.47. The van der Waals surface area contributed by atoms with E-state index in [0.717, 1.165) is 24.0 Å². The van der Waals surface area contributed by atoms with Gasteiger partial charge < -0.3 is 15.5 Å². The summed E-state index contributed by atoms with van der Waals surface area (Å²) in [4.78, 5) is 43.4. The van der Waals surface area contributed by atoms with Crippen LogP contribution in [0.2, 0.25) is 5.02 Å².